The highest BCUT2D eigenvalue weighted by Crippen LogP contribution is 2.21. The van der Waals surface area contributed by atoms with E-state index in [0.29, 0.717) is 12.2 Å². The van der Waals surface area contributed by atoms with Gasteiger partial charge in [-0.15, -0.1) is 0 Å². The Balaban J connectivity index is 1.43. The van der Waals surface area contributed by atoms with Crippen molar-refractivity contribution in [3.63, 3.8) is 0 Å². The van der Waals surface area contributed by atoms with Crippen LogP contribution >= 0.6 is 0 Å². The number of carbonyl (C=O) groups is 1. The lowest BCUT2D eigenvalue weighted by atomic mass is 10.0. The minimum Gasteiger partial charge on any atom is -0.353 e. The van der Waals surface area contributed by atoms with Crippen molar-refractivity contribution in [2.24, 2.45) is 0 Å². The summed E-state index contributed by atoms with van der Waals surface area (Å²) in [6, 6.07) is 20.1. The molecule has 0 unspecified atom stereocenters. The van der Waals surface area contributed by atoms with Gasteiger partial charge in [0.2, 0.25) is 0 Å². The van der Waals surface area contributed by atoms with Gasteiger partial charge in [-0.1, -0.05) is 42.5 Å². The van der Waals surface area contributed by atoms with E-state index in [1.165, 1.54) is 5.56 Å². The van der Waals surface area contributed by atoms with Gasteiger partial charge in [-0.05, 0) is 29.3 Å². The van der Waals surface area contributed by atoms with Gasteiger partial charge in [-0.25, -0.2) is 4.98 Å². The third-order valence-electron chi connectivity index (χ3n) is 4.84. The van der Waals surface area contributed by atoms with E-state index in [9.17, 15) is 4.79 Å². The van der Waals surface area contributed by atoms with Gasteiger partial charge in [0.05, 0.1) is 0 Å². The summed E-state index contributed by atoms with van der Waals surface area (Å²) < 4.78 is 0. The number of piperazine rings is 1. The maximum Gasteiger partial charge on any atom is 0.270 e. The molecule has 6 nitrogen and oxygen atoms in total. The molecule has 0 radical (unpaired) electrons. The largest absolute Gasteiger partial charge is 0.353 e. The van der Waals surface area contributed by atoms with Crippen LogP contribution in [0.2, 0.25) is 0 Å². The summed E-state index contributed by atoms with van der Waals surface area (Å²) in [5.74, 6) is 0.650. The second-order valence-corrected chi connectivity index (χ2v) is 6.79. The summed E-state index contributed by atoms with van der Waals surface area (Å²) in [6.45, 7) is 2.98. The number of aromatic nitrogens is 2. The van der Waals surface area contributed by atoms with Crippen LogP contribution in [0.25, 0.3) is 0 Å². The van der Waals surface area contributed by atoms with Crippen LogP contribution in [0.15, 0.2) is 73.1 Å². The molecule has 2 aromatic heterocycles. The van der Waals surface area contributed by atoms with E-state index in [1.54, 1.807) is 18.5 Å². The number of carbonyl (C=O) groups excluding carboxylic acids is 1. The molecule has 1 aliphatic heterocycles. The number of hydrogen-bond acceptors (Lipinski definition) is 5. The van der Waals surface area contributed by atoms with Crippen molar-refractivity contribution in [1.29, 1.82) is 0 Å². The summed E-state index contributed by atoms with van der Waals surface area (Å²) in [4.78, 5) is 23.4. The van der Waals surface area contributed by atoms with Crippen LogP contribution in [0, 0.1) is 0 Å². The second-order valence-electron chi connectivity index (χ2n) is 6.79. The maximum absolute atomic E-state index is 12.5. The fraction of sp³-hybridized carbons (Fsp3) is 0.227. The van der Waals surface area contributed by atoms with E-state index in [-0.39, 0.29) is 11.9 Å². The van der Waals surface area contributed by atoms with Crippen LogP contribution in [-0.2, 0) is 6.54 Å². The van der Waals surface area contributed by atoms with E-state index in [4.69, 9.17) is 0 Å². The average Bonchev–Trinajstić information content (AvgIpc) is 2.79. The van der Waals surface area contributed by atoms with Crippen LogP contribution in [0.4, 0.5) is 5.82 Å². The summed E-state index contributed by atoms with van der Waals surface area (Å²) >= 11 is 0. The zero-order chi connectivity index (χ0) is 19.2. The van der Waals surface area contributed by atoms with Crippen molar-refractivity contribution < 1.29 is 4.79 Å². The standard InChI is InChI=1S/C22H23N5O/c28-22(25-15-17-6-5-11-23-14-17)19-9-4-10-21(26-19)27-13-12-24-20(16-27)18-7-2-1-3-8-18/h1-11,14,20,24H,12-13,15-16H2,(H,25,28)/t20-/m1/s1. The Morgan fingerprint density at radius 1 is 1.11 bits per heavy atom. The summed E-state index contributed by atoms with van der Waals surface area (Å²) in [6.07, 6.45) is 3.46. The third kappa shape index (κ3) is 4.35. The van der Waals surface area contributed by atoms with Gasteiger partial charge in [0.25, 0.3) is 5.91 Å². The maximum atomic E-state index is 12.5. The van der Waals surface area contributed by atoms with Gasteiger partial charge in [0, 0.05) is 44.6 Å². The Hall–Kier alpha value is -3.25. The fourth-order valence-corrected chi connectivity index (χ4v) is 3.37. The van der Waals surface area contributed by atoms with Crippen molar-refractivity contribution in [3.8, 4) is 0 Å². The molecular formula is C22H23N5O. The molecule has 1 aromatic carbocycles. The lowest BCUT2D eigenvalue weighted by Crippen LogP contribution is -2.46. The average molecular weight is 373 g/mol. The van der Waals surface area contributed by atoms with Crippen LogP contribution in [0.1, 0.15) is 27.7 Å². The number of rotatable bonds is 5. The van der Waals surface area contributed by atoms with E-state index >= 15 is 0 Å². The SMILES string of the molecule is O=C(NCc1cccnc1)c1cccc(N2CCN[C@@H](c3ccccc3)C2)n1. The Morgan fingerprint density at radius 3 is 2.82 bits per heavy atom. The molecular weight excluding hydrogens is 350 g/mol. The van der Waals surface area contributed by atoms with Gasteiger partial charge in [0.15, 0.2) is 0 Å². The Kier molecular flexibility index (Phi) is 5.58. The molecule has 0 saturated carbocycles. The molecule has 0 spiro atoms. The molecule has 1 atom stereocenters. The van der Waals surface area contributed by atoms with Crippen molar-refractivity contribution in [3.05, 3.63) is 89.9 Å². The number of pyridine rings is 2. The first-order valence-corrected chi connectivity index (χ1v) is 9.47. The lowest BCUT2D eigenvalue weighted by molar-refractivity contribution is 0.0946. The van der Waals surface area contributed by atoms with Crippen molar-refractivity contribution in [2.45, 2.75) is 12.6 Å². The molecule has 1 saturated heterocycles. The highest BCUT2D eigenvalue weighted by molar-refractivity contribution is 5.92. The molecule has 0 aliphatic carbocycles. The number of hydrogen-bond donors (Lipinski definition) is 2. The van der Waals surface area contributed by atoms with Crippen molar-refractivity contribution in [1.82, 2.24) is 20.6 Å². The quantitative estimate of drug-likeness (QED) is 0.719. The van der Waals surface area contributed by atoms with E-state index in [0.717, 1.165) is 31.0 Å². The molecule has 4 rings (SSSR count). The number of nitrogens with zero attached hydrogens (tertiary/aromatic N) is 3. The molecule has 0 bridgehead atoms. The van der Waals surface area contributed by atoms with Crippen LogP contribution in [0.3, 0.4) is 0 Å². The third-order valence-corrected chi connectivity index (χ3v) is 4.84. The topological polar surface area (TPSA) is 70.2 Å². The molecule has 3 aromatic rings. The predicted molar refractivity (Wildman–Crippen MR) is 109 cm³/mol. The van der Waals surface area contributed by atoms with E-state index < -0.39 is 0 Å². The fourth-order valence-electron chi connectivity index (χ4n) is 3.37. The Bertz CT molecular complexity index is 916. The molecule has 2 N–H and O–H groups in total. The summed E-state index contributed by atoms with van der Waals surface area (Å²) in [7, 11) is 0. The second kappa shape index (κ2) is 8.63. The van der Waals surface area contributed by atoms with E-state index in [2.05, 4.69) is 49.8 Å². The van der Waals surface area contributed by atoms with Gasteiger partial charge in [-0.3, -0.25) is 9.78 Å². The first-order chi connectivity index (χ1) is 13.8. The monoisotopic (exact) mass is 373 g/mol. The van der Waals surface area contributed by atoms with Gasteiger partial charge in [0.1, 0.15) is 11.5 Å². The Morgan fingerprint density at radius 2 is 2.00 bits per heavy atom. The van der Waals surface area contributed by atoms with Gasteiger partial charge in [-0.2, -0.15) is 0 Å². The molecule has 1 fully saturated rings. The molecule has 3 heterocycles. The predicted octanol–water partition coefficient (Wildman–Crippen LogP) is 2.56. The number of benzene rings is 1. The summed E-state index contributed by atoms with van der Waals surface area (Å²) in [5.41, 5.74) is 2.65. The minimum absolute atomic E-state index is 0.180. The summed E-state index contributed by atoms with van der Waals surface area (Å²) in [5, 5.41) is 6.46. The number of nitrogens with one attached hydrogen (secondary N) is 2. The number of anilines is 1. The lowest BCUT2D eigenvalue weighted by Gasteiger charge is -2.34. The van der Waals surface area contributed by atoms with Crippen molar-refractivity contribution >= 4 is 11.7 Å². The van der Waals surface area contributed by atoms with Crippen LogP contribution in [0.5, 0.6) is 0 Å². The van der Waals surface area contributed by atoms with Gasteiger partial charge < -0.3 is 15.5 Å². The highest BCUT2D eigenvalue weighted by atomic mass is 16.1. The molecule has 28 heavy (non-hydrogen) atoms. The normalized spacial score (nSPS) is 16.6. The number of amides is 1. The van der Waals surface area contributed by atoms with Gasteiger partial charge >= 0.3 is 0 Å². The zero-order valence-electron chi connectivity index (χ0n) is 15.6. The first-order valence-electron chi connectivity index (χ1n) is 9.47. The molecule has 1 amide bonds. The van der Waals surface area contributed by atoms with Crippen molar-refractivity contribution in [2.75, 3.05) is 24.5 Å². The van der Waals surface area contributed by atoms with Crippen LogP contribution < -0.4 is 15.5 Å². The minimum atomic E-state index is -0.180. The smallest absolute Gasteiger partial charge is 0.270 e. The zero-order valence-corrected chi connectivity index (χ0v) is 15.6. The van der Waals surface area contributed by atoms with Crippen LogP contribution in [-0.4, -0.2) is 35.5 Å². The molecule has 1 aliphatic rings. The highest BCUT2D eigenvalue weighted by Gasteiger charge is 2.22. The molecule has 142 valence electrons. The first kappa shape index (κ1) is 18.1. The Labute approximate surface area is 164 Å². The molecule has 6 heteroatoms. The van der Waals surface area contributed by atoms with E-state index in [1.807, 2.05) is 30.3 Å².